The minimum Gasteiger partial charge on any atom is -0.870 e. The summed E-state index contributed by atoms with van der Waals surface area (Å²) in [4.78, 5) is 10.3. The molecular formula is C8H4F3O3-. The summed E-state index contributed by atoms with van der Waals surface area (Å²) in [5.41, 5.74) is 0. The molecule has 0 unspecified atom stereocenters. The zero-order valence-electron chi connectivity index (χ0n) is 6.67. The van der Waals surface area contributed by atoms with Gasteiger partial charge in [0.2, 0.25) is 0 Å². The zero-order chi connectivity index (χ0) is 10.8. The fourth-order valence-electron chi connectivity index (χ4n) is 0.691. The van der Waals surface area contributed by atoms with Crippen LogP contribution in [0.25, 0.3) is 5.76 Å². The monoisotopic (exact) mass is 205 g/mol. The summed E-state index contributed by atoms with van der Waals surface area (Å²) in [5, 5.41) is 10.9. The first-order valence-electron chi connectivity index (χ1n) is 3.45. The van der Waals surface area contributed by atoms with E-state index in [1.54, 1.807) is 0 Å². The third-order valence-electron chi connectivity index (χ3n) is 1.31. The van der Waals surface area contributed by atoms with Crippen LogP contribution in [-0.2, 0) is 4.79 Å². The van der Waals surface area contributed by atoms with E-state index in [1.165, 1.54) is 12.1 Å². The highest BCUT2D eigenvalue weighted by Gasteiger charge is 2.36. The number of ketones is 1. The maximum atomic E-state index is 11.7. The first-order valence-corrected chi connectivity index (χ1v) is 3.45. The van der Waals surface area contributed by atoms with Crippen LogP contribution < -0.4 is 5.11 Å². The van der Waals surface area contributed by atoms with E-state index in [2.05, 4.69) is 4.42 Å². The lowest BCUT2D eigenvalue weighted by molar-refractivity contribution is -0.246. The van der Waals surface area contributed by atoms with Crippen LogP contribution in [0.4, 0.5) is 13.2 Å². The topological polar surface area (TPSA) is 53.3 Å². The highest BCUT2D eigenvalue weighted by Crippen LogP contribution is 2.18. The summed E-state index contributed by atoms with van der Waals surface area (Å²) in [6, 6.07) is 2.50. The van der Waals surface area contributed by atoms with Crippen molar-refractivity contribution in [3.63, 3.8) is 0 Å². The average Bonchev–Trinajstić information content (AvgIpc) is 2.53. The lowest BCUT2D eigenvalue weighted by Crippen LogP contribution is -2.21. The smallest absolute Gasteiger partial charge is 0.454 e. The molecule has 1 rings (SSSR count). The fraction of sp³-hybridized carbons (Fsp3) is 0.125. The number of rotatable bonds is 2. The Labute approximate surface area is 76.4 Å². The second-order valence-corrected chi connectivity index (χ2v) is 2.35. The number of hydrogen-bond donors (Lipinski definition) is 0. The summed E-state index contributed by atoms with van der Waals surface area (Å²) in [6.45, 7) is 0. The molecule has 6 heteroatoms. The maximum absolute atomic E-state index is 11.7. The molecule has 0 fully saturated rings. The quantitative estimate of drug-likeness (QED) is 0.536. The molecule has 1 heterocycles. The van der Waals surface area contributed by atoms with Crippen LogP contribution in [0.2, 0.25) is 0 Å². The maximum Gasteiger partial charge on any atom is 0.454 e. The molecule has 0 aliphatic carbocycles. The third-order valence-corrected chi connectivity index (χ3v) is 1.31. The summed E-state index contributed by atoms with van der Waals surface area (Å²) in [6.07, 6.45) is -3.94. The Hall–Kier alpha value is -1.72. The number of hydrogen-bond acceptors (Lipinski definition) is 3. The Morgan fingerprint density at radius 3 is 2.57 bits per heavy atom. The molecule has 14 heavy (non-hydrogen) atoms. The Bertz CT molecular complexity index is 348. The van der Waals surface area contributed by atoms with Gasteiger partial charge in [0, 0.05) is 0 Å². The van der Waals surface area contributed by atoms with E-state index in [1.807, 2.05) is 0 Å². The Balaban J connectivity index is 2.85. The number of halogens is 3. The van der Waals surface area contributed by atoms with E-state index in [4.69, 9.17) is 0 Å². The van der Waals surface area contributed by atoms with E-state index in [0.29, 0.717) is 0 Å². The van der Waals surface area contributed by atoms with Crippen molar-refractivity contribution < 1.29 is 27.5 Å². The zero-order valence-corrected chi connectivity index (χ0v) is 6.67. The molecule has 0 saturated heterocycles. The van der Waals surface area contributed by atoms with Crippen LogP contribution in [0, 0.1) is 0 Å². The molecule has 0 aromatic carbocycles. The van der Waals surface area contributed by atoms with Gasteiger partial charge in [0.1, 0.15) is 5.76 Å². The molecule has 0 aliphatic heterocycles. The fourth-order valence-corrected chi connectivity index (χ4v) is 0.691. The van der Waals surface area contributed by atoms with E-state index < -0.39 is 17.7 Å². The first-order chi connectivity index (χ1) is 6.41. The van der Waals surface area contributed by atoms with Crippen molar-refractivity contribution in [2.24, 2.45) is 0 Å². The molecule has 1 aromatic heterocycles. The van der Waals surface area contributed by atoms with E-state index in [9.17, 15) is 23.1 Å². The van der Waals surface area contributed by atoms with Gasteiger partial charge in [-0.25, -0.2) is 0 Å². The van der Waals surface area contributed by atoms with Crippen LogP contribution >= 0.6 is 0 Å². The highest BCUT2D eigenvalue weighted by molar-refractivity contribution is 5.98. The van der Waals surface area contributed by atoms with Crippen molar-refractivity contribution in [3.8, 4) is 0 Å². The Morgan fingerprint density at radius 1 is 1.50 bits per heavy atom. The first kappa shape index (κ1) is 10.4. The minimum atomic E-state index is -5.03. The number of allylic oxidation sites excluding steroid dienone is 1. The van der Waals surface area contributed by atoms with Gasteiger partial charge in [-0.2, -0.15) is 13.2 Å². The van der Waals surface area contributed by atoms with E-state index >= 15 is 0 Å². The third kappa shape index (κ3) is 2.38. The van der Waals surface area contributed by atoms with Crippen LogP contribution in [-0.4, -0.2) is 12.0 Å². The summed E-state index contributed by atoms with van der Waals surface area (Å²) < 4.78 is 39.6. The molecule has 0 radical (unpaired) electrons. The van der Waals surface area contributed by atoms with Crippen LogP contribution in [0.3, 0.4) is 0 Å². The lowest BCUT2D eigenvalue weighted by atomic mass is 10.3. The predicted octanol–water partition coefficient (Wildman–Crippen LogP) is 1.11. The Kier molecular flexibility index (Phi) is 2.64. The highest BCUT2D eigenvalue weighted by atomic mass is 19.4. The molecule has 76 valence electrons. The molecule has 0 saturated carbocycles. The van der Waals surface area contributed by atoms with Crippen molar-refractivity contribution in [2.75, 3.05) is 0 Å². The van der Waals surface area contributed by atoms with E-state index in [-0.39, 0.29) is 11.8 Å². The second kappa shape index (κ2) is 3.57. The standard InChI is InChI=1S/C8H5F3O3/c9-8(10,11)7(13)4-5(12)6-2-1-3-14-6/h1-4,12H/p-1/b5-4+. The van der Waals surface area contributed by atoms with Crippen molar-refractivity contribution in [2.45, 2.75) is 6.18 Å². The number of carbonyl (C=O) groups excluding carboxylic acids is 1. The summed E-state index contributed by atoms with van der Waals surface area (Å²) >= 11 is 0. The molecular weight excluding hydrogens is 201 g/mol. The summed E-state index contributed by atoms with van der Waals surface area (Å²) in [5.74, 6) is -3.60. The number of furan rings is 1. The largest absolute Gasteiger partial charge is 0.870 e. The molecule has 0 aliphatic rings. The van der Waals surface area contributed by atoms with Gasteiger partial charge in [-0.1, -0.05) is 5.76 Å². The van der Waals surface area contributed by atoms with Gasteiger partial charge in [0.25, 0.3) is 5.78 Å². The number of alkyl halides is 3. The van der Waals surface area contributed by atoms with Gasteiger partial charge >= 0.3 is 6.18 Å². The number of carbonyl (C=O) groups is 1. The molecule has 0 atom stereocenters. The van der Waals surface area contributed by atoms with Gasteiger partial charge in [0.15, 0.2) is 0 Å². The van der Waals surface area contributed by atoms with Crippen molar-refractivity contribution >= 4 is 11.5 Å². The Morgan fingerprint density at radius 2 is 2.14 bits per heavy atom. The van der Waals surface area contributed by atoms with Gasteiger partial charge in [-0.15, -0.1) is 0 Å². The van der Waals surface area contributed by atoms with Crippen molar-refractivity contribution in [1.82, 2.24) is 0 Å². The molecule has 3 nitrogen and oxygen atoms in total. The minimum absolute atomic E-state index is 0.0428. The van der Waals surface area contributed by atoms with Gasteiger partial charge < -0.3 is 9.52 Å². The van der Waals surface area contributed by atoms with Gasteiger partial charge in [0.05, 0.1) is 6.26 Å². The normalized spacial score (nSPS) is 12.9. The van der Waals surface area contributed by atoms with Crippen LogP contribution in [0.5, 0.6) is 0 Å². The SMILES string of the molecule is O=C(/C=C(/[O-])c1ccco1)C(F)(F)F. The average molecular weight is 205 g/mol. The molecule has 0 amide bonds. The van der Waals surface area contributed by atoms with E-state index in [0.717, 1.165) is 6.26 Å². The van der Waals surface area contributed by atoms with Crippen molar-refractivity contribution in [1.29, 1.82) is 0 Å². The molecule has 0 bridgehead atoms. The van der Waals surface area contributed by atoms with Gasteiger partial charge in [-0.05, 0) is 18.2 Å². The molecule has 1 aromatic rings. The van der Waals surface area contributed by atoms with Crippen LogP contribution in [0.1, 0.15) is 5.76 Å². The second-order valence-electron chi connectivity index (χ2n) is 2.35. The van der Waals surface area contributed by atoms with Crippen LogP contribution in [0.15, 0.2) is 28.9 Å². The van der Waals surface area contributed by atoms with Crippen molar-refractivity contribution in [3.05, 3.63) is 30.2 Å². The van der Waals surface area contributed by atoms with Gasteiger partial charge in [-0.3, -0.25) is 4.79 Å². The summed E-state index contributed by atoms with van der Waals surface area (Å²) in [7, 11) is 0. The lowest BCUT2D eigenvalue weighted by Gasteiger charge is -2.08. The molecule has 0 N–H and O–H groups in total. The predicted molar refractivity (Wildman–Crippen MR) is 37.7 cm³/mol. The molecule has 0 spiro atoms.